The molecule has 0 aromatic heterocycles. The lowest BCUT2D eigenvalue weighted by Crippen LogP contribution is -2.41. The van der Waals surface area contributed by atoms with Crippen LogP contribution in [0.1, 0.15) is 66.2 Å². The van der Waals surface area contributed by atoms with E-state index in [-0.39, 0.29) is 23.6 Å². The Morgan fingerprint density at radius 2 is 1.56 bits per heavy atom. The third kappa shape index (κ3) is 3.05. The van der Waals surface area contributed by atoms with Crippen molar-refractivity contribution in [2.24, 2.45) is 5.92 Å². The van der Waals surface area contributed by atoms with Crippen LogP contribution in [0.15, 0.2) is 0 Å². The van der Waals surface area contributed by atoms with Gasteiger partial charge in [-0.2, -0.15) is 0 Å². The zero-order chi connectivity index (χ0) is 13.4. The molecule has 104 valence electrons. The van der Waals surface area contributed by atoms with Gasteiger partial charge in [-0.05, 0) is 40.0 Å². The average Bonchev–Trinajstić information content (AvgIpc) is 2.50. The van der Waals surface area contributed by atoms with E-state index in [9.17, 15) is 0 Å². The SMILES string of the molecule is CC1(C)OB([C@H](Cl)CC2CCCCC2)OC1(C)C. The molecule has 0 aromatic carbocycles. The first-order chi connectivity index (χ1) is 8.32. The van der Waals surface area contributed by atoms with Crippen LogP contribution < -0.4 is 0 Å². The largest absolute Gasteiger partial charge is 0.476 e. The number of hydrogen-bond acceptors (Lipinski definition) is 2. The van der Waals surface area contributed by atoms with Crippen LogP contribution in [-0.4, -0.2) is 23.6 Å². The van der Waals surface area contributed by atoms with Crippen LogP contribution in [-0.2, 0) is 9.31 Å². The van der Waals surface area contributed by atoms with Crippen LogP contribution in [0.3, 0.4) is 0 Å². The summed E-state index contributed by atoms with van der Waals surface area (Å²) < 4.78 is 12.0. The van der Waals surface area contributed by atoms with E-state index in [1.165, 1.54) is 32.1 Å². The Bertz CT molecular complexity index is 272. The van der Waals surface area contributed by atoms with Crippen molar-refractivity contribution >= 4 is 18.7 Å². The molecule has 2 fully saturated rings. The minimum Gasteiger partial charge on any atom is -0.402 e. The Labute approximate surface area is 117 Å². The molecule has 4 heteroatoms. The lowest BCUT2D eigenvalue weighted by atomic mass is 9.75. The van der Waals surface area contributed by atoms with Crippen LogP contribution >= 0.6 is 11.6 Å². The highest BCUT2D eigenvalue weighted by Crippen LogP contribution is 2.40. The van der Waals surface area contributed by atoms with E-state index in [0.717, 1.165) is 12.3 Å². The molecule has 2 aliphatic rings. The van der Waals surface area contributed by atoms with Gasteiger partial charge in [0.1, 0.15) is 0 Å². The van der Waals surface area contributed by atoms with Crippen LogP contribution in [0.25, 0.3) is 0 Å². The standard InChI is InChI=1S/C14H26BClO2/c1-13(2)14(3,4)18-15(17-13)12(16)10-11-8-6-5-7-9-11/h11-12H,5-10H2,1-4H3/t12-/m1/s1. The van der Waals surface area contributed by atoms with Gasteiger partial charge in [0.15, 0.2) is 0 Å². The predicted octanol–water partition coefficient (Wildman–Crippen LogP) is 4.20. The highest BCUT2D eigenvalue weighted by molar-refractivity contribution is 6.59. The lowest BCUT2D eigenvalue weighted by Gasteiger charge is -2.32. The van der Waals surface area contributed by atoms with E-state index >= 15 is 0 Å². The molecule has 0 N–H and O–H groups in total. The topological polar surface area (TPSA) is 18.5 Å². The van der Waals surface area contributed by atoms with Gasteiger partial charge in [0.05, 0.1) is 16.5 Å². The molecule has 2 nitrogen and oxygen atoms in total. The number of alkyl halides is 1. The molecular weight excluding hydrogens is 246 g/mol. The maximum atomic E-state index is 6.53. The molecule has 0 amide bonds. The second-order valence-corrected chi connectivity index (χ2v) is 7.44. The van der Waals surface area contributed by atoms with Crippen molar-refractivity contribution in [3.8, 4) is 0 Å². The summed E-state index contributed by atoms with van der Waals surface area (Å²) in [6.45, 7) is 8.32. The fourth-order valence-electron chi connectivity index (χ4n) is 2.89. The second-order valence-electron chi connectivity index (χ2n) is 6.88. The van der Waals surface area contributed by atoms with Crippen LogP contribution in [0.5, 0.6) is 0 Å². The molecule has 0 radical (unpaired) electrons. The monoisotopic (exact) mass is 272 g/mol. The summed E-state index contributed by atoms with van der Waals surface area (Å²) in [7, 11) is -0.251. The van der Waals surface area contributed by atoms with Gasteiger partial charge in [-0.25, -0.2) is 0 Å². The molecule has 1 aliphatic carbocycles. The summed E-state index contributed by atoms with van der Waals surface area (Å²) in [5.74, 6) is 0.764. The summed E-state index contributed by atoms with van der Waals surface area (Å²) in [5.41, 5.74) is -0.533. The summed E-state index contributed by atoms with van der Waals surface area (Å²) >= 11 is 6.53. The number of hydrogen-bond donors (Lipinski definition) is 0. The van der Waals surface area contributed by atoms with Gasteiger partial charge in [-0.15, -0.1) is 11.6 Å². The molecule has 0 spiro atoms. The van der Waals surface area contributed by atoms with E-state index in [4.69, 9.17) is 20.9 Å². The summed E-state index contributed by atoms with van der Waals surface area (Å²) in [5, 5.41) is -0.0193. The molecule has 1 aliphatic heterocycles. The van der Waals surface area contributed by atoms with Gasteiger partial charge in [-0.3, -0.25) is 0 Å². The second kappa shape index (κ2) is 5.34. The third-order valence-corrected chi connectivity index (χ3v) is 5.23. The van der Waals surface area contributed by atoms with E-state index in [0.29, 0.717) is 0 Å². The Balaban J connectivity index is 1.88. The number of rotatable bonds is 3. The van der Waals surface area contributed by atoms with Crippen molar-refractivity contribution in [1.29, 1.82) is 0 Å². The molecule has 1 saturated heterocycles. The zero-order valence-electron chi connectivity index (χ0n) is 12.2. The predicted molar refractivity (Wildman–Crippen MR) is 76.9 cm³/mol. The summed E-state index contributed by atoms with van der Waals surface area (Å²) in [6.07, 6.45) is 7.78. The van der Waals surface area contributed by atoms with Crippen molar-refractivity contribution in [1.82, 2.24) is 0 Å². The van der Waals surface area contributed by atoms with Crippen molar-refractivity contribution in [2.75, 3.05) is 0 Å². The molecule has 1 heterocycles. The summed E-state index contributed by atoms with van der Waals surface area (Å²) in [4.78, 5) is 0. The molecule has 2 rings (SSSR count). The molecule has 0 bridgehead atoms. The van der Waals surface area contributed by atoms with Crippen molar-refractivity contribution < 1.29 is 9.31 Å². The van der Waals surface area contributed by atoms with Crippen LogP contribution in [0.4, 0.5) is 0 Å². The first-order valence-electron chi connectivity index (χ1n) is 7.31. The number of halogens is 1. The summed E-state index contributed by atoms with van der Waals surface area (Å²) in [6, 6.07) is 0. The maximum Gasteiger partial charge on any atom is 0.476 e. The highest BCUT2D eigenvalue weighted by Gasteiger charge is 2.53. The lowest BCUT2D eigenvalue weighted by molar-refractivity contribution is 0.00578. The zero-order valence-corrected chi connectivity index (χ0v) is 12.9. The minimum absolute atomic E-state index is 0.0193. The Kier molecular flexibility index (Phi) is 4.35. The maximum absolute atomic E-state index is 6.53. The molecule has 18 heavy (non-hydrogen) atoms. The van der Waals surface area contributed by atoms with Crippen LogP contribution in [0, 0.1) is 5.92 Å². The molecular formula is C14H26BClO2. The van der Waals surface area contributed by atoms with E-state index in [1.54, 1.807) is 0 Å². The molecule has 1 atom stereocenters. The minimum atomic E-state index is -0.266. The normalized spacial score (nSPS) is 29.5. The van der Waals surface area contributed by atoms with Gasteiger partial charge < -0.3 is 9.31 Å². The Morgan fingerprint density at radius 3 is 2.06 bits per heavy atom. The first-order valence-corrected chi connectivity index (χ1v) is 7.75. The third-order valence-electron chi connectivity index (χ3n) is 4.85. The molecule has 0 unspecified atom stereocenters. The van der Waals surface area contributed by atoms with Crippen molar-refractivity contribution in [2.45, 2.75) is 82.7 Å². The van der Waals surface area contributed by atoms with Crippen LogP contribution in [0.2, 0.25) is 0 Å². The molecule has 0 aromatic rings. The fourth-order valence-corrected chi connectivity index (χ4v) is 3.24. The quantitative estimate of drug-likeness (QED) is 0.566. The van der Waals surface area contributed by atoms with Gasteiger partial charge in [0.25, 0.3) is 0 Å². The average molecular weight is 273 g/mol. The smallest absolute Gasteiger partial charge is 0.402 e. The van der Waals surface area contributed by atoms with Gasteiger partial charge in [0.2, 0.25) is 0 Å². The van der Waals surface area contributed by atoms with E-state index < -0.39 is 0 Å². The Morgan fingerprint density at radius 1 is 1.06 bits per heavy atom. The van der Waals surface area contributed by atoms with Gasteiger partial charge >= 0.3 is 7.12 Å². The van der Waals surface area contributed by atoms with E-state index in [2.05, 4.69) is 27.7 Å². The van der Waals surface area contributed by atoms with Crippen molar-refractivity contribution in [3.05, 3.63) is 0 Å². The first kappa shape index (κ1) is 14.7. The van der Waals surface area contributed by atoms with Gasteiger partial charge in [0, 0.05) is 0 Å². The van der Waals surface area contributed by atoms with Gasteiger partial charge in [-0.1, -0.05) is 32.1 Å². The van der Waals surface area contributed by atoms with Crippen molar-refractivity contribution in [3.63, 3.8) is 0 Å². The molecule has 1 saturated carbocycles. The fraction of sp³-hybridized carbons (Fsp3) is 1.00. The Hall–Kier alpha value is 0.275. The van der Waals surface area contributed by atoms with E-state index in [1.807, 2.05) is 0 Å². The highest BCUT2D eigenvalue weighted by atomic mass is 35.5.